The summed E-state index contributed by atoms with van der Waals surface area (Å²) >= 11 is 0. The summed E-state index contributed by atoms with van der Waals surface area (Å²) in [5, 5.41) is 3.75. The first-order valence-electron chi connectivity index (χ1n) is 9.63. The van der Waals surface area contributed by atoms with Crippen LogP contribution < -0.4 is 9.64 Å². The van der Waals surface area contributed by atoms with Crippen LogP contribution in [-0.2, 0) is 11.3 Å². The minimum absolute atomic E-state index is 0.698. The lowest BCUT2D eigenvalue weighted by Crippen LogP contribution is -2.35. The number of oxime groups is 1. The average Bonchev–Trinajstić information content (AvgIpc) is 2.74. The van der Waals surface area contributed by atoms with Crippen LogP contribution >= 0.6 is 0 Å². The molecule has 0 aliphatic carbocycles. The summed E-state index contributed by atoms with van der Waals surface area (Å²) in [5.41, 5.74) is 2.18. The lowest BCUT2D eigenvalue weighted by Gasteiger charge is -2.32. The Kier molecular flexibility index (Phi) is 7.02. The highest BCUT2D eigenvalue weighted by atomic mass is 16.6. The molecule has 2 aromatic rings. The van der Waals surface area contributed by atoms with Gasteiger partial charge in [0.15, 0.2) is 0 Å². The van der Waals surface area contributed by atoms with E-state index in [0.29, 0.717) is 5.92 Å². The van der Waals surface area contributed by atoms with Gasteiger partial charge < -0.3 is 14.5 Å². The number of aryl methyl sites for hydroxylation is 1. The van der Waals surface area contributed by atoms with Gasteiger partial charge in [-0.05, 0) is 67.0 Å². The number of rotatable bonds is 8. The van der Waals surface area contributed by atoms with Gasteiger partial charge in [-0.2, -0.15) is 0 Å². The average molecular weight is 368 g/mol. The molecule has 0 spiro atoms. The van der Waals surface area contributed by atoms with E-state index in [4.69, 9.17) is 4.74 Å². The predicted octanol–water partition coefficient (Wildman–Crippen LogP) is 3.70. The predicted molar refractivity (Wildman–Crippen MR) is 108 cm³/mol. The molecule has 0 N–H and O–H groups in total. The van der Waals surface area contributed by atoms with Crippen LogP contribution in [0.1, 0.15) is 37.3 Å². The fourth-order valence-electron chi connectivity index (χ4n) is 3.22. The third-order valence-electron chi connectivity index (χ3n) is 4.98. The highest BCUT2D eigenvalue weighted by Gasteiger charge is 2.20. The molecule has 0 amide bonds. The largest absolute Gasteiger partial charge is 0.494 e. The lowest BCUT2D eigenvalue weighted by atomic mass is 9.94. The van der Waals surface area contributed by atoms with Crippen LogP contribution in [-0.4, -0.2) is 43.0 Å². The number of ether oxygens (including phenoxy) is 1. The molecular formula is C21H28N4O2. The second-order valence-electron chi connectivity index (χ2n) is 6.80. The first-order valence-corrected chi connectivity index (χ1v) is 9.63. The minimum atomic E-state index is 0.698. The minimum Gasteiger partial charge on any atom is -0.494 e. The van der Waals surface area contributed by atoms with E-state index in [9.17, 15) is 0 Å². The van der Waals surface area contributed by atoms with Gasteiger partial charge in [0.05, 0.1) is 12.8 Å². The maximum absolute atomic E-state index is 5.89. The van der Waals surface area contributed by atoms with Crippen molar-refractivity contribution in [3.8, 4) is 5.75 Å². The molecule has 1 aliphatic heterocycles. The molecule has 0 bridgehead atoms. The molecule has 0 radical (unpaired) electrons. The van der Waals surface area contributed by atoms with Gasteiger partial charge in [0.25, 0.3) is 0 Å². The molecular weight excluding hydrogens is 340 g/mol. The first kappa shape index (κ1) is 19.1. The van der Waals surface area contributed by atoms with E-state index in [1.165, 1.54) is 12.7 Å². The molecule has 1 aromatic heterocycles. The van der Waals surface area contributed by atoms with Gasteiger partial charge in [-0.3, -0.25) is 0 Å². The summed E-state index contributed by atoms with van der Waals surface area (Å²) < 4.78 is 5.89. The van der Waals surface area contributed by atoms with E-state index in [1.807, 2.05) is 36.7 Å². The van der Waals surface area contributed by atoms with Crippen LogP contribution in [0.25, 0.3) is 0 Å². The topological polar surface area (TPSA) is 59.8 Å². The van der Waals surface area contributed by atoms with Crippen LogP contribution in [0.15, 0.2) is 41.8 Å². The van der Waals surface area contributed by atoms with E-state index in [-0.39, 0.29) is 0 Å². The van der Waals surface area contributed by atoms with E-state index >= 15 is 0 Å². The van der Waals surface area contributed by atoms with Gasteiger partial charge in [0.1, 0.15) is 12.9 Å². The number of anilines is 1. The fourth-order valence-corrected chi connectivity index (χ4v) is 3.22. The zero-order valence-corrected chi connectivity index (χ0v) is 16.2. The third kappa shape index (κ3) is 5.67. The van der Waals surface area contributed by atoms with Crippen molar-refractivity contribution in [3.05, 3.63) is 47.8 Å². The molecule has 1 aromatic carbocycles. The summed E-state index contributed by atoms with van der Waals surface area (Å²) in [6, 6.07) is 7.88. The number of hydrogen-bond acceptors (Lipinski definition) is 6. The molecule has 0 saturated carbocycles. The van der Waals surface area contributed by atoms with Crippen LogP contribution in [0, 0.1) is 5.92 Å². The number of nitrogens with zero attached hydrogens (tertiary/aromatic N) is 4. The summed E-state index contributed by atoms with van der Waals surface area (Å²) in [5.74, 6) is 2.45. The molecule has 1 fully saturated rings. The van der Waals surface area contributed by atoms with Crippen molar-refractivity contribution in [1.29, 1.82) is 0 Å². The maximum Gasteiger partial charge on any atom is 0.225 e. The zero-order chi connectivity index (χ0) is 18.9. The van der Waals surface area contributed by atoms with Crippen molar-refractivity contribution in [1.82, 2.24) is 9.97 Å². The Labute approximate surface area is 161 Å². The van der Waals surface area contributed by atoms with Crippen LogP contribution in [0.3, 0.4) is 0 Å². The van der Waals surface area contributed by atoms with Crippen molar-refractivity contribution in [3.63, 3.8) is 0 Å². The Hall–Kier alpha value is -2.63. The lowest BCUT2D eigenvalue weighted by molar-refractivity contribution is 0.215. The summed E-state index contributed by atoms with van der Waals surface area (Å²) in [7, 11) is 1.54. The first-order chi connectivity index (χ1) is 13.3. The molecule has 144 valence electrons. The quantitative estimate of drug-likeness (QED) is 0.525. The van der Waals surface area contributed by atoms with Crippen molar-refractivity contribution in [2.24, 2.45) is 11.1 Å². The number of aromatic nitrogens is 2. The SMILES string of the molecule is CCc1cnc(N2CCC(CCOc3ccc(C=NOC)cc3)CC2)nc1. The molecule has 0 atom stereocenters. The normalized spacial score (nSPS) is 15.3. The second-order valence-corrected chi connectivity index (χ2v) is 6.80. The molecule has 27 heavy (non-hydrogen) atoms. The molecule has 1 aliphatic rings. The molecule has 3 rings (SSSR count). The summed E-state index contributed by atoms with van der Waals surface area (Å²) in [6.45, 7) is 4.90. The zero-order valence-electron chi connectivity index (χ0n) is 16.2. The van der Waals surface area contributed by atoms with Crippen LogP contribution in [0.5, 0.6) is 5.75 Å². The molecule has 6 nitrogen and oxygen atoms in total. The highest BCUT2D eigenvalue weighted by Crippen LogP contribution is 2.23. The van der Waals surface area contributed by atoms with E-state index in [1.54, 1.807) is 6.21 Å². The Bertz CT molecular complexity index is 708. The number of hydrogen-bond donors (Lipinski definition) is 0. The van der Waals surface area contributed by atoms with Gasteiger partial charge in [-0.1, -0.05) is 12.1 Å². The van der Waals surface area contributed by atoms with Gasteiger partial charge in [-0.15, -0.1) is 0 Å². The number of piperidine rings is 1. The van der Waals surface area contributed by atoms with E-state index in [0.717, 1.165) is 62.6 Å². The van der Waals surface area contributed by atoms with E-state index in [2.05, 4.69) is 31.8 Å². The van der Waals surface area contributed by atoms with Crippen LogP contribution in [0.2, 0.25) is 0 Å². The van der Waals surface area contributed by atoms with Gasteiger partial charge in [0.2, 0.25) is 5.95 Å². The van der Waals surface area contributed by atoms with Gasteiger partial charge in [-0.25, -0.2) is 9.97 Å². The Morgan fingerprint density at radius 3 is 2.48 bits per heavy atom. The Morgan fingerprint density at radius 2 is 1.85 bits per heavy atom. The second kappa shape index (κ2) is 9.90. The highest BCUT2D eigenvalue weighted by molar-refractivity contribution is 5.79. The van der Waals surface area contributed by atoms with Crippen LogP contribution in [0.4, 0.5) is 5.95 Å². The van der Waals surface area contributed by atoms with Gasteiger partial charge in [0, 0.05) is 25.5 Å². The van der Waals surface area contributed by atoms with Crippen molar-refractivity contribution in [2.45, 2.75) is 32.6 Å². The van der Waals surface area contributed by atoms with Gasteiger partial charge >= 0.3 is 0 Å². The molecule has 6 heteroatoms. The van der Waals surface area contributed by atoms with Crippen molar-refractivity contribution >= 4 is 12.2 Å². The fraction of sp³-hybridized carbons (Fsp3) is 0.476. The van der Waals surface area contributed by atoms with E-state index < -0.39 is 0 Å². The molecule has 0 unspecified atom stereocenters. The molecule has 2 heterocycles. The summed E-state index contributed by atoms with van der Waals surface area (Å²) in [4.78, 5) is 16.0. The van der Waals surface area contributed by atoms with Crippen molar-refractivity contribution < 1.29 is 9.57 Å². The summed E-state index contributed by atoms with van der Waals surface area (Å²) in [6.07, 6.45) is 9.94. The number of benzene rings is 1. The Morgan fingerprint density at radius 1 is 1.15 bits per heavy atom. The smallest absolute Gasteiger partial charge is 0.225 e. The molecule has 1 saturated heterocycles. The maximum atomic E-state index is 5.89. The van der Waals surface area contributed by atoms with Crippen molar-refractivity contribution in [2.75, 3.05) is 31.7 Å². The standard InChI is InChI=1S/C21H28N4O2/c1-3-17-14-22-21(23-15-17)25-11-8-18(9-12-25)10-13-27-20-6-4-19(5-7-20)16-24-26-2/h4-7,14-16,18H,3,8-13H2,1-2H3. The third-order valence-corrected chi connectivity index (χ3v) is 4.98. The monoisotopic (exact) mass is 368 g/mol. The Balaban J connectivity index is 1.38.